The molecule has 244 valence electrons. The molecule has 0 saturated heterocycles. The maximum absolute atomic E-state index is 13.4. The quantitative estimate of drug-likeness (QED) is 0.0880. The van der Waals surface area contributed by atoms with Gasteiger partial charge >= 0.3 is 12.1 Å². The number of nitrogens with zero attached hydrogens (tertiary/aromatic N) is 3. The first-order chi connectivity index (χ1) is 22.8. The fourth-order valence-corrected chi connectivity index (χ4v) is 5.72. The molecule has 0 saturated carbocycles. The highest BCUT2D eigenvalue weighted by molar-refractivity contribution is 6.11. The summed E-state index contributed by atoms with van der Waals surface area (Å²) in [6, 6.07) is 25.1. The van der Waals surface area contributed by atoms with Crippen molar-refractivity contribution in [3.8, 4) is 11.6 Å². The Morgan fingerprint density at radius 3 is 2.28 bits per heavy atom. The molecule has 0 bridgehead atoms. The summed E-state index contributed by atoms with van der Waals surface area (Å²) >= 11 is 0. The standard InChI is InChI=1S/C36H37N3O8/c1-45-24-30-34-29-18-28(46-23-26-12-6-3-7-13-26)15-16-31(29)39(32(34)19-37-35(30)47-36(43)44)21-27(40)14-8-9-17-38(22-33(41)42)20-25-10-4-2-5-11-25/h2-7,10-13,15-16,18-19H,8-9,14,17,20-24H2,1H3,(H,41,42)(H,43,44). The van der Waals surface area contributed by atoms with Gasteiger partial charge in [-0.15, -0.1) is 0 Å². The van der Waals surface area contributed by atoms with Crippen LogP contribution in [0.3, 0.4) is 0 Å². The fraction of sp³-hybridized carbons (Fsp3) is 0.278. The van der Waals surface area contributed by atoms with E-state index in [0.29, 0.717) is 61.2 Å². The second-order valence-corrected chi connectivity index (χ2v) is 11.2. The van der Waals surface area contributed by atoms with Gasteiger partial charge in [0.15, 0.2) is 5.78 Å². The number of pyridine rings is 1. The van der Waals surface area contributed by atoms with E-state index in [1.807, 2.05) is 88.3 Å². The highest BCUT2D eigenvalue weighted by atomic mass is 16.7. The van der Waals surface area contributed by atoms with E-state index >= 15 is 0 Å². The Morgan fingerprint density at radius 2 is 1.60 bits per heavy atom. The van der Waals surface area contributed by atoms with E-state index in [1.165, 1.54) is 13.3 Å². The third kappa shape index (κ3) is 8.72. The van der Waals surface area contributed by atoms with E-state index in [9.17, 15) is 24.6 Å². The number of carbonyl (C=O) groups excluding carboxylic acids is 1. The van der Waals surface area contributed by atoms with Gasteiger partial charge in [-0.1, -0.05) is 60.7 Å². The van der Waals surface area contributed by atoms with Gasteiger partial charge in [0.25, 0.3) is 0 Å². The van der Waals surface area contributed by atoms with Crippen molar-refractivity contribution in [1.82, 2.24) is 14.5 Å². The van der Waals surface area contributed by atoms with Crippen molar-refractivity contribution in [3.63, 3.8) is 0 Å². The Morgan fingerprint density at radius 1 is 0.872 bits per heavy atom. The molecule has 5 rings (SSSR count). The number of hydrogen-bond acceptors (Lipinski definition) is 8. The van der Waals surface area contributed by atoms with Gasteiger partial charge in [0, 0.05) is 36.4 Å². The van der Waals surface area contributed by atoms with Crippen LogP contribution in [0.5, 0.6) is 11.6 Å². The normalized spacial score (nSPS) is 11.3. The number of unbranched alkanes of at least 4 members (excludes halogenated alkanes) is 1. The van der Waals surface area contributed by atoms with E-state index in [1.54, 1.807) is 0 Å². The predicted octanol–water partition coefficient (Wildman–Crippen LogP) is 6.30. The van der Waals surface area contributed by atoms with Gasteiger partial charge in [-0.2, -0.15) is 0 Å². The van der Waals surface area contributed by atoms with Crippen molar-refractivity contribution in [2.24, 2.45) is 0 Å². The molecule has 0 aliphatic carbocycles. The first kappa shape index (κ1) is 33.1. The van der Waals surface area contributed by atoms with Crippen LogP contribution in [-0.2, 0) is 40.6 Å². The van der Waals surface area contributed by atoms with Crippen molar-refractivity contribution in [2.75, 3.05) is 20.2 Å². The first-order valence-electron chi connectivity index (χ1n) is 15.3. The lowest BCUT2D eigenvalue weighted by Gasteiger charge is -2.20. The molecular formula is C36H37N3O8. The summed E-state index contributed by atoms with van der Waals surface area (Å²) in [5.74, 6) is -0.376. The molecule has 0 unspecified atom stereocenters. The Labute approximate surface area is 271 Å². The SMILES string of the molecule is COCc1c(OC(=O)O)ncc2c1c1cc(OCc3ccccc3)ccc1n2CC(=O)CCCCN(CC(=O)O)Cc1ccccc1. The Balaban J connectivity index is 1.36. The number of carboxylic acids is 1. The molecule has 0 atom stereocenters. The first-order valence-corrected chi connectivity index (χ1v) is 15.3. The molecule has 2 N–H and O–H groups in total. The molecule has 0 fully saturated rings. The molecule has 0 radical (unpaired) electrons. The number of rotatable bonds is 17. The topological polar surface area (TPSA) is 140 Å². The molecule has 5 aromatic rings. The summed E-state index contributed by atoms with van der Waals surface area (Å²) in [7, 11) is 1.50. The lowest BCUT2D eigenvalue weighted by molar-refractivity contribution is -0.138. The molecule has 0 amide bonds. The molecule has 2 aromatic heterocycles. The molecular weight excluding hydrogens is 602 g/mol. The van der Waals surface area contributed by atoms with Crippen molar-refractivity contribution in [1.29, 1.82) is 0 Å². The van der Waals surface area contributed by atoms with Gasteiger partial charge in [-0.25, -0.2) is 9.78 Å². The van der Waals surface area contributed by atoms with Gasteiger partial charge < -0.3 is 29.0 Å². The second-order valence-electron chi connectivity index (χ2n) is 11.2. The number of aromatic nitrogens is 2. The van der Waals surface area contributed by atoms with Gasteiger partial charge in [0.1, 0.15) is 12.4 Å². The van der Waals surface area contributed by atoms with Crippen LogP contribution in [-0.4, -0.2) is 62.8 Å². The van der Waals surface area contributed by atoms with Crippen molar-refractivity contribution in [3.05, 3.63) is 102 Å². The number of fused-ring (bicyclic) bond motifs is 3. The monoisotopic (exact) mass is 639 g/mol. The lowest BCUT2D eigenvalue weighted by Crippen LogP contribution is -2.30. The van der Waals surface area contributed by atoms with Crippen LogP contribution in [0.1, 0.15) is 36.0 Å². The summed E-state index contributed by atoms with van der Waals surface area (Å²) < 4.78 is 18.4. The van der Waals surface area contributed by atoms with Gasteiger partial charge in [0.05, 0.1) is 37.0 Å². The van der Waals surface area contributed by atoms with Gasteiger partial charge in [0.2, 0.25) is 5.88 Å². The van der Waals surface area contributed by atoms with E-state index in [4.69, 9.17) is 14.2 Å². The van der Waals surface area contributed by atoms with Crippen LogP contribution in [0.15, 0.2) is 85.1 Å². The van der Waals surface area contributed by atoms with Crippen molar-refractivity contribution in [2.45, 2.75) is 45.6 Å². The predicted molar refractivity (Wildman–Crippen MR) is 176 cm³/mol. The van der Waals surface area contributed by atoms with Crippen LogP contribution >= 0.6 is 0 Å². The fourth-order valence-electron chi connectivity index (χ4n) is 5.72. The zero-order valence-electron chi connectivity index (χ0n) is 26.1. The number of carboxylic acid groups (broad SMARTS) is 2. The van der Waals surface area contributed by atoms with E-state index < -0.39 is 12.1 Å². The van der Waals surface area contributed by atoms with Gasteiger partial charge in [-0.3, -0.25) is 14.5 Å². The molecule has 2 heterocycles. The van der Waals surface area contributed by atoms with Gasteiger partial charge in [-0.05, 0) is 48.7 Å². The highest BCUT2D eigenvalue weighted by Crippen LogP contribution is 2.37. The summed E-state index contributed by atoms with van der Waals surface area (Å²) in [4.78, 5) is 42.4. The van der Waals surface area contributed by atoms with Crippen LogP contribution in [0.4, 0.5) is 4.79 Å². The summed E-state index contributed by atoms with van der Waals surface area (Å²) in [6.07, 6.45) is 1.59. The van der Waals surface area contributed by atoms with Crippen LogP contribution in [0, 0.1) is 0 Å². The van der Waals surface area contributed by atoms with Crippen molar-refractivity contribution < 1.29 is 38.8 Å². The number of ether oxygens (including phenoxy) is 3. The second kappa shape index (κ2) is 15.8. The minimum absolute atomic E-state index is 0.000187. The third-order valence-corrected chi connectivity index (χ3v) is 7.78. The Hall–Kier alpha value is -5.26. The number of hydrogen-bond donors (Lipinski definition) is 2. The maximum Gasteiger partial charge on any atom is 0.512 e. The molecule has 0 spiro atoms. The zero-order chi connectivity index (χ0) is 33.2. The highest BCUT2D eigenvalue weighted by Gasteiger charge is 2.22. The summed E-state index contributed by atoms with van der Waals surface area (Å²) in [5, 5.41) is 20.1. The number of Topliss-reactive ketones (excluding diaryl/α,β-unsaturated/α-hetero) is 1. The largest absolute Gasteiger partial charge is 0.512 e. The Bertz CT molecular complexity index is 1840. The maximum atomic E-state index is 13.4. The molecule has 0 aliphatic rings. The molecule has 11 nitrogen and oxygen atoms in total. The van der Waals surface area contributed by atoms with E-state index in [2.05, 4.69) is 4.98 Å². The van der Waals surface area contributed by atoms with Crippen molar-refractivity contribution >= 4 is 39.7 Å². The average Bonchev–Trinajstić information content (AvgIpc) is 3.36. The average molecular weight is 640 g/mol. The summed E-state index contributed by atoms with van der Waals surface area (Å²) in [6.45, 7) is 1.45. The minimum Gasteiger partial charge on any atom is -0.489 e. The molecule has 11 heteroatoms. The number of methoxy groups -OCH3 is 1. The van der Waals surface area contributed by atoms with Crippen LogP contribution in [0.25, 0.3) is 21.8 Å². The smallest absolute Gasteiger partial charge is 0.489 e. The Kier molecular flexibility index (Phi) is 11.2. The molecule has 47 heavy (non-hydrogen) atoms. The lowest BCUT2D eigenvalue weighted by atomic mass is 10.1. The van der Waals surface area contributed by atoms with E-state index in [0.717, 1.165) is 22.0 Å². The number of benzene rings is 3. The number of aliphatic carboxylic acids is 1. The number of ketones is 1. The zero-order valence-corrected chi connectivity index (χ0v) is 26.1. The minimum atomic E-state index is -1.49. The molecule has 3 aromatic carbocycles. The third-order valence-electron chi connectivity index (χ3n) is 7.78. The van der Waals surface area contributed by atoms with Crippen LogP contribution in [0.2, 0.25) is 0 Å². The van der Waals surface area contributed by atoms with E-state index in [-0.39, 0.29) is 31.4 Å². The van der Waals surface area contributed by atoms with Crippen LogP contribution < -0.4 is 9.47 Å². The number of carbonyl (C=O) groups is 3. The summed E-state index contributed by atoms with van der Waals surface area (Å²) in [5.41, 5.74) is 3.87. The molecule has 0 aliphatic heterocycles.